The lowest BCUT2D eigenvalue weighted by molar-refractivity contribution is 0.305. The molecule has 1 aromatic rings. The molecule has 1 fully saturated rings. The first-order valence-electron chi connectivity index (χ1n) is 7.05. The molecule has 1 aliphatic carbocycles. The SMILES string of the molecule is CC1(C)CC1CNS(=O)(=O)c1cccc(C#CCCO)c1. The first kappa shape index (κ1) is 16.0. The van der Waals surface area contributed by atoms with E-state index in [2.05, 4.69) is 30.4 Å². The fourth-order valence-corrected chi connectivity index (χ4v) is 3.31. The maximum absolute atomic E-state index is 12.3. The molecule has 1 atom stereocenters. The van der Waals surface area contributed by atoms with Gasteiger partial charge in [-0.1, -0.05) is 31.8 Å². The third-order valence-electron chi connectivity index (χ3n) is 3.85. The highest BCUT2D eigenvalue weighted by molar-refractivity contribution is 7.89. The summed E-state index contributed by atoms with van der Waals surface area (Å²) >= 11 is 0. The maximum Gasteiger partial charge on any atom is 0.240 e. The Bertz CT molecular complexity index is 668. The van der Waals surface area contributed by atoms with Crippen LogP contribution in [0.15, 0.2) is 29.2 Å². The third-order valence-corrected chi connectivity index (χ3v) is 5.27. The molecular weight excluding hydrogens is 286 g/mol. The number of hydrogen-bond acceptors (Lipinski definition) is 3. The van der Waals surface area contributed by atoms with Crippen LogP contribution in [0.25, 0.3) is 0 Å². The Labute approximate surface area is 126 Å². The zero-order chi connectivity index (χ0) is 15.5. The molecule has 1 saturated carbocycles. The molecule has 0 spiro atoms. The van der Waals surface area contributed by atoms with Crippen molar-refractivity contribution in [1.82, 2.24) is 4.72 Å². The maximum atomic E-state index is 12.3. The molecule has 0 amide bonds. The molecule has 0 bridgehead atoms. The summed E-state index contributed by atoms with van der Waals surface area (Å²) in [7, 11) is -3.49. The summed E-state index contributed by atoms with van der Waals surface area (Å²) in [6, 6.07) is 6.56. The monoisotopic (exact) mass is 307 g/mol. The van der Waals surface area contributed by atoms with Gasteiger partial charge < -0.3 is 5.11 Å². The Morgan fingerprint density at radius 1 is 1.43 bits per heavy atom. The van der Waals surface area contributed by atoms with Crippen LogP contribution in [0.1, 0.15) is 32.3 Å². The van der Waals surface area contributed by atoms with Crippen LogP contribution in [-0.2, 0) is 10.0 Å². The average Bonchev–Trinajstić information content (AvgIpc) is 3.05. The Kier molecular flexibility index (Phi) is 4.72. The second-order valence-corrected chi connectivity index (χ2v) is 7.81. The van der Waals surface area contributed by atoms with Gasteiger partial charge in [0.1, 0.15) is 0 Å². The van der Waals surface area contributed by atoms with Crippen LogP contribution in [0.4, 0.5) is 0 Å². The van der Waals surface area contributed by atoms with Crippen molar-refractivity contribution >= 4 is 10.0 Å². The van der Waals surface area contributed by atoms with Crippen LogP contribution in [0.2, 0.25) is 0 Å². The summed E-state index contributed by atoms with van der Waals surface area (Å²) in [5.74, 6) is 6.05. The first-order chi connectivity index (χ1) is 9.85. The molecule has 2 rings (SSSR count). The van der Waals surface area contributed by atoms with Crippen LogP contribution >= 0.6 is 0 Å². The lowest BCUT2D eigenvalue weighted by atomic mass is 10.1. The molecule has 5 heteroatoms. The van der Waals surface area contributed by atoms with Gasteiger partial charge >= 0.3 is 0 Å². The van der Waals surface area contributed by atoms with Crippen molar-refractivity contribution in [2.24, 2.45) is 11.3 Å². The Morgan fingerprint density at radius 3 is 2.76 bits per heavy atom. The quantitative estimate of drug-likeness (QED) is 0.814. The fraction of sp³-hybridized carbons (Fsp3) is 0.500. The summed E-state index contributed by atoms with van der Waals surface area (Å²) in [5, 5.41) is 8.69. The minimum Gasteiger partial charge on any atom is -0.395 e. The van der Waals surface area contributed by atoms with Crippen molar-refractivity contribution in [3.8, 4) is 11.8 Å². The molecule has 0 aromatic heterocycles. The standard InChI is InChI=1S/C16H21NO3S/c1-16(2)11-14(16)12-17-21(19,20)15-8-5-7-13(10-15)6-3-4-9-18/h5,7-8,10,14,17-18H,4,9,11-12H2,1-2H3. The van der Waals surface area contributed by atoms with Crippen LogP contribution in [0.5, 0.6) is 0 Å². The molecule has 21 heavy (non-hydrogen) atoms. The Morgan fingerprint density at radius 2 is 2.14 bits per heavy atom. The zero-order valence-corrected chi connectivity index (χ0v) is 13.2. The van der Waals surface area contributed by atoms with Crippen LogP contribution in [0, 0.1) is 23.2 Å². The zero-order valence-electron chi connectivity index (χ0n) is 12.4. The summed E-state index contributed by atoms with van der Waals surface area (Å²) < 4.78 is 27.2. The number of sulfonamides is 1. The summed E-state index contributed by atoms with van der Waals surface area (Å²) in [6.07, 6.45) is 1.44. The van der Waals surface area contributed by atoms with Crippen LogP contribution in [-0.4, -0.2) is 26.7 Å². The highest BCUT2D eigenvalue weighted by atomic mass is 32.2. The van der Waals surface area contributed by atoms with Gasteiger partial charge in [-0.2, -0.15) is 0 Å². The van der Waals surface area contributed by atoms with Gasteiger partial charge in [-0.15, -0.1) is 0 Å². The van der Waals surface area contributed by atoms with Gasteiger partial charge in [-0.25, -0.2) is 13.1 Å². The molecule has 0 aliphatic heterocycles. The summed E-state index contributed by atoms with van der Waals surface area (Å²) in [6.45, 7) is 4.77. The van der Waals surface area contributed by atoms with E-state index in [1.54, 1.807) is 24.3 Å². The summed E-state index contributed by atoms with van der Waals surface area (Å²) in [4.78, 5) is 0.233. The van der Waals surface area contributed by atoms with Gasteiger partial charge in [0.15, 0.2) is 0 Å². The number of aliphatic hydroxyl groups excluding tert-OH is 1. The van der Waals surface area contributed by atoms with Crippen LogP contribution < -0.4 is 4.72 Å². The van der Waals surface area contributed by atoms with E-state index in [-0.39, 0.29) is 16.9 Å². The van der Waals surface area contributed by atoms with Gasteiger partial charge in [-0.05, 0) is 36.0 Å². The van der Waals surface area contributed by atoms with E-state index in [1.807, 2.05) is 0 Å². The molecule has 114 valence electrons. The number of rotatable bonds is 5. The molecule has 0 radical (unpaired) electrons. The number of nitrogens with one attached hydrogen (secondary N) is 1. The van der Waals surface area contributed by atoms with Crippen molar-refractivity contribution < 1.29 is 13.5 Å². The van der Waals surface area contributed by atoms with Gasteiger partial charge in [-0.3, -0.25) is 0 Å². The highest BCUT2D eigenvalue weighted by Gasteiger charge is 2.45. The second-order valence-electron chi connectivity index (χ2n) is 6.04. The summed E-state index contributed by atoms with van der Waals surface area (Å²) in [5.41, 5.74) is 0.887. The lowest BCUT2D eigenvalue weighted by Gasteiger charge is -2.08. The Hall–Kier alpha value is -1.35. The highest BCUT2D eigenvalue weighted by Crippen LogP contribution is 2.51. The lowest BCUT2D eigenvalue weighted by Crippen LogP contribution is -2.26. The van der Waals surface area contributed by atoms with E-state index in [0.717, 1.165) is 6.42 Å². The first-order valence-corrected chi connectivity index (χ1v) is 8.53. The van der Waals surface area contributed by atoms with E-state index < -0.39 is 10.0 Å². The van der Waals surface area contributed by atoms with Gasteiger partial charge in [0.25, 0.3) is 0 Å². The molecule has 0 heterocycles. The number of benzene rings is 1. The number of aliphatic hydroxyl groups is 1. The second kappa shape index (κ2) is 6.18. The molecule has 1 aromatic carbocycles. The van der Waals surface area contributed by atoms with Crippen molar-refractivity contribution in [1.29, 1.82) is 0 Å². The molecule has 2 N–H and O–H groups in total. The number of hydrogen-bond donors (Lipinski definition) is 2. The molecule has 1 aliphatic rings. The Balaban J connectivity index is 2.06. The predicted molar refractivity (Wildman–Crippen MR) is 82.1 cm³/mol. The van der Waals surface area contributed by atoms with Crippen LogP contribution in [0.3, 0.4) is 0 Å². The minimum absolute atomic E-state index is 0.00369. The van der Waals surface area contributed by atoms with E-state index in [4.69, 9.17) is 5.11 Å². The van der Waals surface area contributed by atoms with Crippen molar-refractivity contribution in [3.05, 3.63) is 29.8 Å². The fourth-order valence-electron chi connectivity index (χ4n) is 2.18. The molecular formula is C16H21NO3S. The largest absolute Gasteiger partial charge is 0.395 e. The molecule has 1 unspecified atom stereocenters. The third kappa shape index (κ3) is 4.31. The average molecular weight is 307 g/mol. The van der Waals surface area contributed by atoms with Crippen molar-refractivity contribution in [2.45, 2.75) is 31.6 Å². The van der Waals surface area contributed by atoms with E-state index >= 15 is 0 Å². The normalized spacial score (nSPS) is 19.7. The topological polar surface area (TPSA) is 66.4 Å². The van der Waals surface area contributed by atoms with E-state index in [9.17, 15) is 8.42 Å². The molecule has 0 saturated heterocycles. The van der Waals surface area contributed by atoms with Gasteiger partial charge in [0.05, 0.1) is 11.5 Å². The van der Waals surface area contributed by atoms with E-state index in [1.165, 1.54) is 0 Å². The minimum atomic E-state index is -3.49. The van der Waals surface area contributed by atoms with E-state index in [0.29, 0.717) is 24.4 Å². The van der Waals surface area contributed by atoms with Gasteiger partial charge in [0.2, 0.25) is 10.0 Å². The predicted octanol–water partition coefficient (Wildman–Crippen LogP) is 1.74. The van der Waals surface area contributed by atoms with Crippen molar-refractivity contribution in [2.75, 3.05) is 13.2 Å². The molecule has 4 nitrogen and oxygen atoms in total. The van der Waals surface area contributed by atoms with Gasteiger partial charge in [0, 0.05) is 18.5 Å². The van der Waals surface area contributed by atoms with Crippen molar-refractivity contribution in [3.63, 3.8) is 0 Å². The smallest absolute Gasteiger partial charge is 0.240 e.